The highest BCUT2D eigenvalue weighted by atomic mass is 19.4. The largest absolute Gasteiger partial charge is 0.434 e. The number of carbonyl (C=O) groups is 1. The topological polar surface area (TPSA) is 139 Å². The van der Waals surface area contributed by atoms with Crippen LogP contribution in [0.5, 0.6) is 0 Å². The standard InChI is InChI=1S/C23H14F4N10O/c1-29-20-18-14(3-2-4-16(18)24)17(11-30-20)36-19(23(25,26)27)15(10-34-36)22(38)35-13-7-12(8-28)21(31-9-13)37-32-5-6-33-37/h2-7,9-11H,1H3,(H,29,30)(H,35,38). The Morgan fingerprint density at radius 2 is 1.84 bits per heavy atom. The average molecular weight is 522 g/mol. The molecule has 2 N–H and O–H groups in total. The summed E-state index contributed by atoms with van der Waals surface area (Å²) in [6, 6.07) is 7.01. The summed E-state index contributed by atoms with van der Waals surface area (Å²) in [6.07, 6.45) is 0.698. The lowest BCUT2D eigenvalue weighted by Gasteiger charge is -2.15. The third-order valence-electron chi connectivity index (χ3n) is 5.44. The molecule has 5 aromatic rings. The maximum atomic E-state index is 14.6. The third-order valence-corrected chi connectivity index (χ3v) is 5.44. The van der Waals surface area contributed by atoms with E-state index in [4.69, 9.17) is 0 Å². The number of halogens is 4. The Bertz CT molecular complexity index is 1720. The summed E-state index contributed by atoms with van der Waals surface area (Å²) < 4.78 is 57.9. The van der Waals surface area contributed by atoms with Gasteiger partial charge in [0.25, 0.3) is 5.91 Å². The molecular formula is C23H14F4N10O. The molecule has 11 nitrogen and oxygen atoms in total. The maximum Gasteiger partial charge on any atom is 0.434 e. The van der Waals surface area contributed by atoms with Crippen LogP contribution in [0.1, 0.15) is 21.6 Å². The molecule has 0 atom stereocenters. The number of benzene rings is 1. The summed E-state index contributed by atoms with van der Waals surface area (Å²) >= 11 is 0. The predicted octanol–water partition coefficient (Wildman–Crippen LogP) is 3.72. The zero-order chi connectivity index (χ0) is 27.0. The molecule has 0 fully saturated rings. The summed E-state index contributed by atoms with van der Waals surface area (Å²) in [7, 11) is 1.50. The Morgan fingerprint density at radius 1 is 1.08 bits per heavy atom. The number of aromatic nitrogens is 7. The van der Waals surface area contributed by atoms with E-state index in [9.17, 15) is 27.6 Å². The average Bonchev–Trinajstić information content (AvgIpc) is 3.59. The van der Waals surface area contributed by atoms with E-state index < -0.39 is 29.2 Å². The number of nitrogens with one attached hydrogen (secondary N) is 2. The van der Waals surface area contributed by atoms with Crippen LogP contribution in [-0.2, 0) is 6.18 Å². The number of amides is 1. The summed E-state index contributed by atoms with van der Waals surface area (Å²) in [6.45, 7) is 0. The van der Waals surface area contributed by atoms with Crippen LogP contribution in [0.3, 0.4) is 0 Å². The van der Waals surface area contributed by atoms with E-state index in [1.165, 1.54) is 37.6 Å². The van der Waals surface area contributed by atoms with Gasteiger partial charge in [-0.15, -0.1) is 4.80 Å². The van der Waals surface area contributed by atoms with E-state index in [-0.39, 0.29) is 39.3 Å². The van der Waals surface area contributed by atoms with E-state index in [2.05, 4.69) is 35.9 Å². The minimum Gasteiger partial charge on any atom is -0.373 e. The molecule has 0 aliphatic carbocycles. The molecule has 0 bridgehead atoms. The number of nitrogens with zero attached hydrogens (tertiary/aromatic N) is 8. The van der Waals surface area contributed by atoms with Crippen molar-refractivity contribution in [1.82, 2.24) is 34.7 Å². The summed E-state index contributed by atoms with van der Waals surface area (Å²) in [5, 5.41) is 26.1. The van der Waals surface area contributed by atoms with Crippen molar-refractivity contribution in [2.45, 2.75) is 6.18 Å². The molecule has 38 heavy (non-hydrogen) atoms. The molecule has 4 aromatic heterocycles. The van der Waals surface area contributed by atoms with Gasteiger partial charge in [0.1, 0.15) is 23.3 Å². The molecule has 0 spiro atoms. The molecule has 0 aliphatic rings. The number of alkyl halides is 3. The van der Waals surface area contributed by atoms with Gasteiger partial charge in [0.05, 0.1) is 53.3 Å². The van der Waals surface area contributed by atoms with Crippen molar-refractivity contribution in [3.8, 4) is 17.6 Å². The van der Waals surface area contributed by atoms with E-state index in [0.29, 0.717) is 4.68 Å². The molecular weight excluding hydrogens is 508 g/mol. The number of hydrogen-bond donors (Lipinski definition) is 2. The molecule has 0 saturated carbocycles. The van der Waals surface area contributed by atoms with Crippen LogP contribution in [0.25, 0.3) is 22.3 Å². The summed E-state index contributed by atoms with van der Waals surface area (Å²) in [5.41, 5.74) is -2.47. The monoisotopic (exact) mass is 522 g/mol. The van der Waals surface area contributed by atoms with E-state index in [0.717, 1.165) is 29.5 Å². The van der Waals surface area contributed by atoms with Gasteiger partial charge in [-0.1, -0.05) is 12.1 Å². The first-order valence-corrected chi connectivity index (χ1v) is 10.7. The van der Waals surface area contributed by atoms with Crippen LogP contribution in [-0.4, -0.2) is 47.7 Å². The highest BCUT2D eigenvalue weighted by Crippen LogP contribution is 2.36. The zero-order valence-electron chi connectivity index (χ0n) is 19.2. The second-order valence-electron chi connectivity index (χ2n) is 7.70. The van der Waals surface area contributed by atoms with Crippen molar-refractivity contribution in [2.75, 3.05) is 17.7 Å². The number of carbonyl (C=O) groups excluding carboxylic acids is 1. The Balaban J connectivity index is 1.57. The number of fused-ring (bicyclic) bond motifs is 1. The maximum absolute atomic E-state index is 14.6. The molecule has 4 heterocycles. The fraction of sp³-hybridized carbons (Fsp3) is 0.0870. The second-order valence-corrected chi connectivity index (χ2v) is 7.70. The van der Waals surface area contributed by atoms with Crippen LogP contribution in [0.4, 0.5) is 29.1 Å². The van der Waals surface area contributed by atoms with E-state index in [1.54, 1.807) is 0 Å². The first-order chi connectivity index (χ1) is 18.2. The quantitative estimate of drug-likeness (QED) is 0.333. The molecule has 0 radical (unpaired) electrons. The number of hydrogen-bond acceptors (Lipinski definition) is 8. The number of anilines is 2. The van der Waals surface area contributed by atoms with Crippen molar-refractivity contribution in [3.05, 3.63) is 77.9 Å². The summed E-state index contributed by atoms with van der Waals surface area (Å²) in [5.74, 6) is -1.67. The first-order valence-electron chi connectivity index (χ1n) is 10.7. The van der Waals surface area contributed by atoms with Gasteiger partial charge in [-0.2, -0.15) is 33.7 Å². The molecule has 190 valence electrons. The highest BCUT2D eigenvalue weighted by molar-refractivity contribution is 6.05. The SMILES string of the molecule is CNc1ncc(-n2ncc(C(=O)Nc3cnc(-n4nccn4)c(C#N)c3)c2C(F)(F)F)c2cccc(F)c12. The number of pyridine rings is 2. The fourth-order valence-corrected chi connectivity index (χ4v) is 3.86. The Hall–Kier alpha value is -5.39. The molecule has 0 aliphatic heterocycles. The smallest absolute Gasteiger partial charge is 0.373 e. The van der Waals surface area contributed by atoms with Gasteiger partial charge in [0, 0.05) is 12.4 Å². The lowest BCUT2D eigenvalue weighted by Crippen LogP contribution is -2.21. The van der Waals surface area contributed by atoms with Crippen molar-refractivity contribution >= 4 is 28.2 Å². The van der Waals surface area contributed by atoms with Gasteiger partial charge in [0.2, 0.25) is 0 Å². The first kappa shape index (κ1) is 24.3. The van der Waals surface area contributed by atoms with Gasteiger partial charge in [-0.25, -0.2) is 19.0 Å². The van der Waals surface area contributed by atoms with E-state index in [1.807, 2.05) is 6.07 Å². The highest BCUT2D eigenvalue weighted by Gasteiger charge is 2.41. The molecule has 1 amide bonds. The molecule has 1 aromatic carbocycles. The Kier molecular flexibility index (Phi) is 5.91. The fourth-order valence-electron chi connectivity index (χ4n) is 3.86. The van der Waals surface area contributed by atoms with Gasteiger partial charge < -0.3 is 10.6 Å². The van der Waals surface area contributed by atoms with Crippen molar-refractivity contribution in [1.29, 1.82) is 5.26 Å². The van der Waals surface area contributed by atoms with Crippen molar-refractivity contribution in [2.24, 2.45) is 0 Å². The molecule has 0 saturated heterocycles. The summed E-state index contributed by atoms with van der Waals surface area (Å²) in [4.78, 5) is 22.1. The van der Waals surface area contributed by atoms with Crippen LogP contribution in [0, 0.1) is 17.1 Å². The predicted molar refractivity (Wildman–Crippen MR) is 125 cm³/mol. The second kappa shape index (κ2) is 9.24. The lowest BCUT2D eigenvalue weighted by molar-refractivity contribution is -0.143. The van der Waals surface area contributed by atoms with Crippen LogP contribution in [0.2, 0.25) is 0 Å². The number of rotatable bonds is 5. The Morgan fingerprint density at radius 3 is 2.53 bits per heavy atom. The minimum atomic E-state index is -5.03. The molecule has 5 rings (SSSR count). The molecule has 0 unspecified atom stereocenters. The third kappa shape index (κ3) is 4.13. The van der Waals surface area contributed by atoms with E-state index >= 15 is 0 Å². The molecule has 15 heteroatoms. The van der Waals surface area contributed by atoms with Gasteiger partial charge in [-0.3, -0.25) is 4.79 Å². The van der Waals surface area contributed by atoms with Crippen molar-refractivity contribution in [3.63, 3.8) is 0 Å². The van der Waals surface area contributed by atoms with Gasteiger partial charge in [0.15, 0.2) is 11.5 Å². The van der Waals surface area contributed by atoms with Crippen LogP contribution in [0.15, 0.2) is 55.2 Å². The Labute approximate surface area is 210 Å². The van der Waals surface area contributed by atoms with Crippen molar-refractivity contribution < 1.29 is 22.4 Å². The minimum absolute atomic E-state index is 0.0325. The van der Waals surface area contributed by atoms with Crippen LogP contribution >= 0.6 is 0 Å². The van der Waals surface area contributed by atoms with Gasteiger partial charge >= 0.3 is 6.18 Å². The number of nitriles is 1. The van der Waals surface area contributed by atoms with Gasteiger partial charge in [-0.05, 0) is 12.1 Å². The lowest BCUT2D eigenvalue weighted by atomic mass is 10.1. The zero-order valence-corrected chi connectivity index (χ0v) is 19.2. The van der Waals surface area contributed by atoms with Crippen LogP contribution < -0.4 is 10.6 Å². The normalized spacial score (nSPS) is 11.4.